The van der Waals surface area contributed by atoms with Gasteiger partial charge in [0, 0.05) is 18.0 Å². The lowest BCUT2D eigenvalue weighted by Crippen LogP contribution is -2.64. The van der Waals surface area contributed by atoms with Gasteiger partial charge in [-0.3, -0.25) is 9.69 Å². The maximum absolute atomic E-state index is 13.6. The summed E-state index contributed by atoms with van der Waals surface area (Å²) in [6.45, 7) is 10.9. The summed E-state index contributed by atoms with van der Waals surface area (Å²) in [4.78, 5) is 29.2. The highest BCUT2D eigenvalue weighted by Gasteiger charge is 2.84. The Morgan fingerprint density at radius 2 is 1.95 bits per heavy atom. The molecule has 1 heterocycles. The van der Waals surface area contributed by atoms with Crippen LogP contribution in [0.4, 0.5) is 0 Å². The molecule has 1 aromatic carbocycles. The number of benzene rings is 1. The van der Waals surface area contributed by atoms with E-state index in [4.69, 9.17) is 14.2 Å². The van der Waals surface area contributed by atoms with Crippen LogP contribution in [0.1, 0.15) is 58.9 Å². The number of carbonyl (C=O) groups is 2. The minimum absolute atomic E-state index is 0.0296. The smallest absolute Gasteiger partial charge is 0.315 e. The summed E-state index contributed by atoms with van der Waals surface area (Å²) in [5.41, 5.74) is -0.565. The van der Waals surface area contributed by atoms with Gasteiger partial charge < -0.3 is 24.1 Å². The van der Waals surface area contributed by atoms with Gasteiger partial charge in [-0.05, 0) is 73.5 Å². The molecule has 1 saturated heterocycles. The Hall–Kier alpha value is -2.22. The number of morpholine rings is 1. The second-order valence-electron chi connectivity index (χ2n) is 13.7. The van der Waals surface area contributed by atoms with Gasteiger partial charge in [-0.15, -0.1) is 0 Å². The lowest BCUT2D eigenvalue weighted by molar-refractivity contribution is -0.229. The molecule has 7 heteroatoms. The second kappa shape index (κ2) is 9.95. The van der Waals surface area contributed by atoms with E-state index in [-0.39, 0.29) is 23.8 Å². The highest BCUT2D eigenvalue weighted by Crippen LogP contribution is 2.82. The van der Waals surface area contributed by atoms with Crippen LogP contribution < -0.4 is 4.74 Å². The van der Waals surface area contributed by atoms with Crippen LogP contribution in [0.15, 0.2) is 35.9 Å². The zero-order valence-corrected chi connectivity index (χ0v) is 24.6. The molecule has 0 radical (unpaired) electrons. The molecular formula is C33H45NO6. The van der Waals surface area contributed by atoms with Crippen molar-refractivity contribution >= 4 is 12.3 Å². The molecule has 40 heavy (non-hydrogen) atoms. The number of aliphatic carboxylic acids is 1. The van der Waals surface area contributed by atoms with Crippen LogP contribution >= 0.6 is 0 Å². The summed E-state index contributed by atoms with van der Waals surface area (Å²) < 4.78 is 18.2. The van der Waals surface area contributed by atoms with E-state index in [2.05, 4.69) is 50.8 Å². The molecule has 1 aliphatic heterocycles. The Morgan fingerprint density at radius 1 is 1.20 bits per heavy atom. The maximum atomic E-state index is 13.6. The largest absolute Gasteiger partial charge is 0.497 e. The quantitative estimate of drug-likeness (QED) is 0.334. The number of allylic oxidation sites excluding steroid dienone is 1. The maximum Gasteiger partial charge on any atom is 0.315 e. The molecule has 9 atom stereocenters. The zero-order valence-electron chi connectivity index (χ0n) is 24.6. The number of hydrogen-bond donors (Lipinski definition) is 1. The van der Waals surface area contributed by atoms with E-state index in [0.29, 0.717) is 38.0 Å². The molecule has 1 aromatic rings. The average Bonchev–Trinajstić information content (AvgIpc) is 3.51. The molecule has 4 aliphatic carbocycles. The van der Waals surface area contributed by atoms with Crippen LogP contribution in [0.2, 0.25) is 0 Å². The van der Waals surface area contributed by atoms with E-state index in [1.165, 1.54) is 5.56 Å². The standard InChI is InChI=1S/C33H45NO6/c1-20(2)28-12-24-13-31(18-35)27-11-6-21(3)26(27)14-32(24,33(28,31)30(36)37)19-40-29-16-34(22(4)17-39-29)15-23-7-9-25(38-5)10-8-23/h7-10,12,18,20-22,24,26-27,29H,6,11,13-17,19H2,1-5H3,(H,36,37)/t21-,22-,24?,26-,27-,29+,31?,32?,33+/m1/s1. The third kappa shape index (κ3) is 3.66. The number of carboxylic acids is 1. The lowest BCUT2D eigenvalue weighted by Gasteiger charge is -2.58. The van der Waals surface area contributed by atoms with Gasteiger partial charge in [0.25, 0.3) is 0 Å². The fraction of sp³-hybridized carbons (Fsp3) is 0.697. The molecule has 5 aliphatic rings. The van der Waals surface area contributed by atoms with Gasteiger partial charge in [-0.1, -0.05) is 51.0 Å². The Balaban J connectivity index is 1.29. The van der Waals surface area contributed by atoms with Crippen LogP contribution in [0.3, 0.4) is 0 Å². The first-order chi connectivity index (χ1) is 19.1. The third-order valence-corrected chi connectivity index (χ3v) is 11.7. The summed E-state index contributed by atoms with van der Waals surface area (Å²) in [7, 11) is 1.67. The number of ether oxygens (including phenoxy) is 3. The number of methoxy groups -OCH3 is 1. The highest BCUT2D eigenvalue weighted by atomic mass is 16.7. The van der Waals surface area contributed by atoms with Crippen molar-refractivity contribution in [3.05, 3.63) is 41.5 Å². The van der Waals surface area contributed by atoms with Crippen molar-refractivity contribution < 1.29 is 28.9 Å². The molecular weight excluding hydrogens is 506 g/mol. The van der Waals surface area contributed by atoms with Crippen LogP contribution in [0.25, 0.3) is 0 Å². The average molecular weight is 552 g/mol. The van der Waals surface area contributed by atoms with Crippen LogP contribution in [-0.4, -0.2) is 61.5 Å². The minimum Gasteiger partial charge on any atom is -0.497 e. The summed E-state index contributed by atoms with van der Waals surface area (Å²) in [6, 6.07) is 8.37. The number of carbonyl (C=O) groups excluding carboxylic acids is 1. The molecule has 3 unspecified atom stereocenters. The molecule has 3 saturated carbocycles. The fourth-order valence-electron chi connectivity index (χ4n) is 9.94. The monoisotopic (exact) mass is 551 g/mol. The summed E-state index contributed by atoms with van der Waals surface area (Å²) in [5, 5.41) is 11.2. The number of nitrogens with zero attached hydrogens (tertiary/aromatic N) is 1. The molecule has 4 fully saturated rings. The van der Waals surface area contributed by atoms with Crippen molar-refractivity contribution in [3.63, 3.8) is 0 Å². The molecule has 1 N–H and O–H groups in total. The first kappa shape index (κ1) is 27.9. The fourth-order valence-corrected chi connectivity index (χ4v) is 9.94. The predicted octanol–water partition coefficient (Wildman–Crippen LogP) is 5.18. The number of aldehydes is 1. The third-order valence-electron chi connectivity index (χ3n) is 11.7. The summed E-state index contributed by atoms with van der Waals surface area (Å²) >= 11 is 0. The van der Waals surface area contributed by atoms with Crippen LogP contribution in [-0.2, 0) is 25.6 Å². The number of carboxylic acid groups (broad SMARTS) is 1. The van der Waals surface area contributed by atoms with Gasteiger partial charge in [0.05, 0.1) is 32.3 Å². The second-order valence-corrected chi connectivity index (χ2v) is 13.7. The molecule has 218 valence electrons. The van der Waals surface area contributed by atoms with Gasteiger partial charge in [0.15, 0.2) is 6.29 Å². The van der Waals surface area contributed by atoms with Crippen LogP contribution in [0, 0.1) is 45.8 Å². The minimum atomic E-state index is -1.21. The number of rotatable bonds is 9. The first-order valence-corrected chi connectivity index (χ1v) is 15.2. The topological polar surface area (TPSA) is 85.3 Å². The summed E-state index contributed by atoms with van der Waals surface area (Å²) in [6.07, 6.45) is 6.30. The Labute approximate surface area is 238 Å². The summed E-state index contributed by atoms with van der Waals surface area (Å²) in [5.74, 6) is 1.06. The van der Waals surface area contributed by atoms with Crippen molar-refractivity contribution in [2.75, 3.05) is 26.9 Å². The number of hydrogen-bond acceptors (Lipinski definition) is 6. The molecule has 7 nitrogen and oxygen atoms in total. The Morgan fingerprint density at radius 3 is 2.60 bits per heavy atom. The van der Waals surface area contributed by atoms with Crippen molar-refractivity contribution in [2.45, 2.75) is 72.3 Å². The van der Waals surface area contributed by atoms with Crippen molar-refractivity contribution in [2.24, 2.45) is 45.8 Å². The van der Waals surface area contributed by atoms with E-state index >= 15 is 0 Å². The van der Waals surface area contributed by atoms with Crippen molar-refractivity contribution in [3.8, 4) is 5.75 Å². The van der Waals surface area contributed by atoms with E-state index < -0.39 is 28.5 Å². The number of fused-ring (bicyclic) bond motifs is 2. The SMILES string of the molecule is COc1ccc(CN2C[C@H](OCC34C[C@@H]5[C@H](C)CC[C@H]5C5(C=O)CC3C=C(C(C)C)[C@@]45C(=O)O)OC[C@H]2C)cc1. The molecule has 0 spiro atoms. The van der Waals surface area contributed by atoms with E-state index in [1.807, 2.05) is 12.1 Å². The normalized spacial score (nSPS) is 42.1. The van der Waals surface area contributed by atoms with Gasteiger partial charge in [-0.2, -0.15) is 0 Å². The van der Waals surface area contributed by atoms with Crippen LogP contribution in [0.5, 0.6) is 5.75 Å². The Bertz CT molecular complexity index is 1180. The predicted molar refractivity (Wildman–Crippen MR) is 151 cm³/mol. The van der Waals surface area contributed by atoms with Crippen molar-refractivity contribution in [1.82, 2.24) is 4.90 Å². The molecule has 0 aromatic heterocycles. The lowest BCUT2D eigenvalue weighted by atomic mass is 9.43. The molecule has 6 rings (SSSR count). The van der Waals surface area contributed by atoms with Crippen molar-refractivity contribution in [1.29, 1.82) is 0 Å². The van der Waals surface area contributed by atoms with Gasteiger partial charge in [0.1, 0.15) is 17.5 Å². The Kier molecular flexibility index (Phi) is 6.95. The van der Waals surface area contributed by atoms with E-state index in [1.54, 1.807) is 7.11 Å². The molecule has 4 bridgehead atoms. The van der Waals surface area contributed by atoms with Gasteiger partial charge in [0.2, 0.25) is 0 Å². The first-order valence-electron chi connectivity index (χ1n) is 15.2. The zero-order chi connectivity index (χ0) is 28.4. The van der Waals surface area contributed by atoms with Gasteiger partial charge in [-0.25, -0.2) is 0 Å². The highest BCUT2D eigenvalue weighted by molar-refractivity contribution is 5.90. The van der Waals surface area contributed by atoms with E-state index in [9.17, 15) is 14.7 Å². The van der Waals surface area contributed by atoms with E-state index in [0.717, 1.165) is 43.4 Å². The van der Waals surface area contributed by atoms with Gasteiger partial charge >= 0.3 is 5.97 Å². The molecule has 0 amide bonds.